The Balaban J connectivity index is 2.60. The fourth-order valence-electron chi connectivity index (χ4n) is 2.71. The van der Waals surface area contributed by atoms with Gasteiger partial charge in [-0.05, 0) is 12.1 Å². The number of rotatable bonds is 3. The summed E-state index contributed by atoms with van der Waals surface area (Å²) in [7, 11) is 0. The largest absolute Gasteiger partial charge is 0.431 e. The summed E-state index contributed by atoms with van der Waals surface area (Å²) in [5, 5.41) is 21.0. The van der Waals surface area contributed by atoms with E-state index in [1.54, 1.807) is 0 Å². The first-order chi connectivity index (χ1) is 13.4. The molecular weight excluding hydrogens is 408 g/mol. The summed E-state index contributed by atoms with van der Waals surface area (Å²) < 4.78 is 54.8. The molecule has 2 aromatic heterocycles. The van der Waals surface area contributed by atoms with Crippen LogP contribution in [0.3, 0.4) is 0 Å². The maximum Gasteiger partial charge on any atom is 0.431 e. The van der Waals surface area contributed by atoms with Crippen LogP contribution in [0.5, 0.6) is 0 Å². The minimum atomic E-state index is -5.37. The third-order valence-electron chi connectivity index (χ3n) is 3.91. The molecule has 0 aliphatic heterocycles. The van der Waals surface area contributed by atoms with E-state index in [-0.39, 0.29) is 10.6 Å². The molecule has 0 spiro atoms. The highest BCUT2D eigenvalue weighted by molar-refractivity contribution is 5.81. The van der Waals surface area contributed by atoms with E-state index >= 15 is 0 Å². The minimum Gasteiger partial charge on any atom is -0.351 e. The average Bonchev–Trinajstić information content (AvgIpc) is 2.61. The van der Waals surface area contributed by atoms with Crippen molar-refractivity contribution in [2.24, 2.45) is 0 Å². The predicted molar refractivity (Wildman–Crippen MR) is 88.4 cm³/mol. The van der Waals surface area contributed by atoms with Crippen molar-refractivity contribution in [3.05, 3.63) is 82.8 Å². The van der Waals surface area contributed by atoms with E-state index in [2.05, 4.69) is 0 Å². The lowest BCUT2D eigenvalue weighted by Gasteiger charge is -2.16. The van der Waals surface area contributed by atoms with Gasteiger partial charge in [0.1, 0.15) is 11.2 Å². The predicted octanol–water partition coefficient (Wildman–Crippen LogP) is 2.65. The average molecular weight is 414 g/mol. The lowest BCUT2D eigenvalue weighted by atomic mass is 10.1. The number of nitrogens with zero attached hydrogens (tertiary/aromatic N) is 3. The summed E-state index contributed by atoms with van der Waals surface area (Å²) in [5.41, 5.74) is -9.45. The second kappa shape index (κ2) is 6.50. The van der Waals surface area contributed by atoms with E-state index < -0.39 is 66.5 Å². The Morgan fingerprint density at radius 3 is 2.21 bits per heavy atom. The van der Waals surface area contributed by atoms with Crippen LogP contribution in [0.2, 0.25) is 0 Å². The van der Waals surface area contributed by atoms with Crippen LogP contribution in [0.1, 0.15) is 5.69 Å². The van der Waals surface area contributed by atoms with Crippen molar-refractivity contribution in [1.29, 1.82) is 0 Å². The number of nitro groups is 2. The summed E-state index contributed by atoms with van der Waals surface area (Å²) in [6, 6.07) is 2.26. The van der Waals surface area contributed by atoms with Gasteiger partial charge in [0, 0.05) is 6.07 Å². The molecule has 0 saturated heterocycles. The summed E-state index contributed by atoms with van der Waals surface area (Å²) in [6.07, 6.45) is -4.89. The highest BCUT2D eigenvalue weighted by atomic mass is 19.4. The molecule has 3 rings (SSSR count). The van der Waals surface area contributed by atoms with Crippen LogP contribution >= 0.6 is 0 Å². The number of pyridine rings is 2. The Kier molecular flexibility index (Phi) is 4.41. The number of benzene rings is 1. The molecule has 14 heteroatoms. The molecule has 0 aliphatic rings. The van der Waals surface area contributed by atoms with E-state index in [9.17, 15) is 47.4 Å². The van der Waals surface area contributed by atoms with E-state index in [0.717, 1.165) is 6.07 Å². The van der Waals surface area contributed by atoms with Gasteiger partial charge in [-0.1, -0.05) is 6.07 Å². The number of hydrogen-bond donors (Lipinski definition) is 1. The molecular formula is C15H6F4N4O6. The second-order valence-corrected chi connectivity index (χ2v) is 5.58. The molecule has 150 valence electrons. The van der Waals surface area contributed by atoms with Gasteiger partial charge in [-0.3, -0.25) is 34.4 Å². The Morgan fingerprint density at radius 2 is 1.66 bits per heavy atom. The number of halogens is 4. The zero-order valence-electron chi connectivity index (χ0n) is 13.7. The van der Waals surface area contributed by atoms with Gasteiger partial charge < -0.3 is 4.98 Å². The summed E-state index contributed by atoms with van der Waals surface area (Å²) >= 11 is 0. The molecule has 1 N–H and O–H groups in total. The van der Waals surface area contributed by atoms with Gasteiger partial charge in [-0.2, -0.15) is 13.2 Å². The summed E-state index contributed by atoms with van der Waals surface area (Å²) in [5.74, 6) is -1.50. The van der Waals surface area contributed by atoms with Crippen LogP contribution in [0, 0.1) is 26.0 Å². The van der Waals surface area contributed by atoms with E-state index in [0.29, 0.717) is 18.3 Å². The van der Waals surface area contributed by atoms with Crippen molar-refractivity contribution < 1.29 is 27.4 Å². The number of hydrogen-bond acceptors (Lipinski definition) is 6. The third-order valence-corrected chi connectivity index (χ3v) is 3.91. The number of aromatic nitrogens is 2. The minimum absolute atomic E-state index is 0.0960. The van der Waals surface area contributed by atoms with Gasteiger partial charge in [0.05, 0.1) is 21.4 Å². The van der Waals surface area contributed by atoms with E-state index in [4.69, 9.17) is 0 Å². The molecule has 10 nitrogen and oxygen atoms in total. The normalized spacial score (nSPS) is 11.6. The molecule has 0 atom stereocenters. The molecule has 0 radical (unpaired) electrons. The number of fused-ring (bicyclic) bond motifs is 1. The highest BCUT2D eigenvalue weighted by Gasteiger charge is 2.38. The first kappa shape index (κ1) is 19.7. The number of aromatic amines is 1. The standard InChI is InChI=1S/C15H6F4N4O6/c16-7-2-1-3-8(22(26)27)12(7)21-10(15(17,18)19)4-6-11(14(21)25)20-5-9(13(6)24)23(28)29/h1-5H,(H,20,24). The smallest absolute Gasteiger partial charge is 0.351 e. The van der Waals surface area contributed by atoms with Crippen molar-refractivity contribution in [2.75, 3.05) is 0 Å². The lowest BCUT2D eigenvalue weighted by Crippen LogP contribution is -2.30. The number of nitro benzene ring substituents is 1. The Labute approximate surface area is 154 Å². The van der Waals surface area contributed by atoms with Crippen LogP contribution in [-0.2, 0) is 6.18 Å². The molecule has 0 aliphatic carbocycles. The maximum absolute atomic E-state index is 14.3. The monoisotopic (exact) mass is 414 g/mol. The van der Waals surface area contributed by atoms with Crippen LogP contribution in [-0.4, -0.2) is 19.4 Å². The van der Waals surface area contributed by atoms with Gasteiger partial charge in [-0.15, -0.1) is 0 Å². The van der Waals surface area contributed by atoms with E-state index in [1.165, 1.54) is 0 Å². The highest BCUT2D eigenvalue weighted by Crippen LogP contribution is 2.34. The SMILES string of the molecule is O=c1c([N+](=O)[O-])c[nH]c2c(=O)n(-c3c(F)cccc3[N+](=O)[O-])c(C(F)(F)F)cc12. The van der Waals surface area contributed by atoms with Crippen LogP contribution < -0.4 is 11.0 Å². The van der Waals surface area contributed by atoms with Gasteiger partial charge in [0.2, 0.25) is 0 Å². The number of para-hydroxylation sites is 1. The second-order valence-electron chi connectivity index (χ2n) is 5.58. The first-order valence-corrected chi connectivity index (χ1v) is 7.41. The third kappa shape index (κ3) is 3.09. The van der Waals surface area contributed by atoms with Crippen molar-refractivity contribution in [3.63, 3.8) is 0 Å². The number of H-pyrrole nitrogens is 1. The molecule has 0 saturated carbocycles. The molecule has 0 unspecified atom stereocenters. The molecule has 2 heterocycles. The molecule has 0 fully saturated rings. The van der Waals surface area contributed by atoms with E-state index in [1.807, 2.05) is 4.98 Å². The van der Waals surface area contributed by atoms with Crippen LogP contribution in [0.4, 0.5) is 28.9 Å². The van der Waals surface area contributed by atoms with Crippen molar-refractivity contribution >= 4 is 22.3 Å². The molecule has 29 heavy (non-hydrogen) atoms. The van der Waals surface area contributed by atoms with Crippen LogP contribution in [0.25, 0.3) is 16.6 Å². The first-order valence-electron chi connectivity index (χ1n) is 7.41. The van der Waals surface area contributed by atoms with Crippen molar-refractivity contribution in [3.8, 4) is 5.69 Å². The zero-order chi connectivity index (χ0) is 21.7. The molecule has 3 aromatic rings. The molecule has 1 aromatic carbocycles. The Bertz CT molecular complexity index is 1310. The quantitative estimate of drug-likeness (QED) is 0.397. The fourth-order valence-corrected chi connectivity index (χ4v) is 2.71. The summed E-state index contributed by atoms with van der Waals surface area (Å²) in [4.78, 5) is 46.5. The van der Waals surface area contributed by atoms with Gasteiger partial charge >= 0.3 is 11.9 Å². The summed E-state index contributed by atoms with van der Waals surface area (Å²) in [6.45, 7) is 0. The molecule has 0 bridgehead atoms. The van der Waals surface area contributed by atoms with Gasteiger partial charge in [0.15, 0.2) is 11.5 Å². The number of nitrogens with one attached hydrogen (secondary N) is 1. The van der Waals surface area contributed by atoms with Gasteiger partial charge in [-0.25, -0.2) is 4.39 Å². The van der Waals surface area contributed by atoms with Gasteiger partial charge in [0.25, 0.3) is 16.7 Å². The topological polar surface area (TPSA) is 141 Å². The number of alkyl halides is 3. The fraction of sp³-hybridized carbons (Fsp3) is 0.0667. The zero-order valence-corrected chi connectivity index (χ0v) is 13.7. The van der Waals surface area contributed by atoms with Crippen molar-refractivity contribution in [1.82, 2.24) is 9.55 Å². The lowest BCUT2D eigenvalue weighted by molar-refractivity contribution is -0.386. The maximum atomic E-state index is 14.3. The van der Waals surface area contributed by atoms with Crippen LogP contribution in [0.15, 0.2) is 40.1 Å². The Morgan fingerprint density at radius 1 is 1.03 bits per heavy atom. The molecule has 0 amide bonds. The van der Waals surface area contributed by atoms with Crippen molar-refractivity contribution in [2.45, 2.75) is 6.18 Å². The Hall–Kier alpha value is -4.10.